The van der Waals surface area contributed by atoms with Gasteiger partial charge in [0.25, 0.3) is 0 Å². The molecule has 1 nitrogen and oxygen atoms in total. The average molecular weight is 204 g/mol. The third kappa shape index (κ3) is 2.49. The molecule has 0 aromatic heterocycles. The van der Waals surface area contributed by atoms with E-state index in [1.54, 1.807) is 12.1 Å². The first-order valence-electron chi connectivity index (χ1n) is 2.96. The number of benzene rings is 1. The van der Waals surface area contributed by atoms with Crippen LogP contribution in [0.3, 0.4) is 0 Å². The number of hydrogen-bond acceptors (Lipinski definition) is 1. The maximum Gasteiger partial charge on any atom is 0.246 e. The van der Waals surface area contributed by atoms with Crippen molar-refractivity contribution in [3.8, 4) is 0 Å². The highest BCUT2D eigenvalue weighted by atomic mass is 35.5. The first-order chi connectivity index (χ1) is 5.24. The zero-order valence-electron chi connectivity index (χ0n) is 5.60. The van der Waals surface area contributed by atoms with Gasteiger partial charge in [0.05, 0.1) is 6.61 Å². The van der Waals surface area contributed by atoms with Crippen LogP contribution < -0.4 is 0 Å². The number of hydrogen-bond donors (Lipinski definition) is 0. The summed E-state index contributed by atoms with van der Waals surface area (Å²) in [5.41, 5.74) is 0.908. The van der Waals surface area contributed by atoms with E-state index in [-0.39, 0.29) is 0 Å². The van der Waals surface area contributed by atoms with Crippen molar-refractivity contribution in [1.82, 2.24) is 0 Å². The van der Waals surface area contributed by atoms with Gasteiger partial charge in [0.2, 0.25) is 10.5 Å². The molecule has 0 saturated heterocycles. The molecule has 1 rings (SSSR count). The summed E-state index contributed by atoms with van der Waals surface area (Å²) in [6.07, 6.45) is 0. The van der Waals surface area contributed by atoms with Crippen molar-refractivity contribution in [2.24, 2.45) is 0 Å². The van der Waals surface area contributed by atoms with Gasteiger partial charge in [-0.2, -0.15) is 0 Å². The van der Waals surface area contributed by atoms with Crippen molar-refractivity contribution in [3.63, 3.8) is 0 Å². The van der Waals surface area contributed by atoms with Crippen LogP contribution in [-0.2, 0) is 11.0 Å². The largest absolute Gasteiger partial charge is 0.414 e. The van der Waals surface area contributed by atoms with E-state index < -0.39 is 0 Å². The molecule has 4 heteroatoms. The highest BCUT2D eigenvalue weighted by molar-refractivity contribution is 6.35. The van der Waals surface area contributed by atoms with E-state index >= 15 is 0 Å². The molecule has 0 unspecified atom stereocenters. The predicted molar refractivity (Wildman–Crippen MR) is 47.0 cm³/mol. The van der Waals surface area contributed by atoms with Gasteiger partial charge in [-0.25, -0.2) is 0 Å². The van der Waals surface area contributed by atoms with E-state index in [9.17, 15) is 0 Å². The van der Waals surface area contributed by atoms with Crippen LogP contribution in [0.25, 0.3) is 0 Å². The Hall–Kier alpha value is -0.0231. The molecule has 1 aromatic rings. The van der Waals surface area contributed by atoms with Crippen molar-refractivity contribution in [2.45, 2.75) is 6.61 Å². The first-order valence-corrected chi connectivity index (χ1v) is 4.13. The fraction of sp³-hybridized carbons (Fsp3) is 0.143. The van der Waals surface area contributed by atoms with Gasteiger partial charge in [-0.15, -0.1) is 0 Å². The van der Waals surface area contributed by atoms with Crippen LogP contribution in [0.4, 0.5) is 0 Å². The topological polar surface area (TPSA) is 9.23 Å². The third-order valence-electron chi connectivity index (χ3n) is 1.24. The quantitative estimate of drug-likeness (QED) is 0.673. The maximum atomic E-state index is 5.82. The smallest absolute Gasteiger partial charge is 0.246 e. The molecular weight excluding hydrogens is 199 g/mol. The fourth-order valence-electron chi connectivity index (χ4n) is 0.716. The number of halogens is 2. The Morgan fingerprint density at radius 1 is 1.36 bits per heavy atom. The van der Waals surface area contributed by atoms with Crippen molar-refractivity contribution >= 4 is 33.7 Å². The van der Waals surface area contributed by atoms with Crippen LogP contribution in [0, 0.1) is 0 Å². The summed E-state index contributed by atoms with van der Waals surface area (Å²) in [4.78, 5) is 0. The van der Waals surface area contributed by atoms with Crippen LogP contribution in [-0.4, -0.2) is 10.5 Å². The Bertz CT molecular complexity index is 252. The summed E-state index contributed by atoms with van der Waals surface area (Å²) >= 11 is 11.5. The molecular formula is C7H5Cl2OSi. The van der Waals surface area contributed by atoms with Gasteiger partial charge >= 0.3 is 0 Å². The Kier molecular flexibility index (Phi) is 3.39. The lowest BCUT2D eigenvalue weighted by Crippen LogP contribution is -1.88. The van der Waals surface area contributed by atoms with Gasteiger partial charge in [-0.1, -0.05) is 29.3 Å². The maximum absolute atomic E-state index is 5.82. The predicted octanol–water partition coefficient (Wildman–Crippen LogP) is 2.59. The molecule has 0 N–H and O–H groups in total. The summed E-state index contributed by atoms with van der Waals surface area (Å²) in [6.45, 7) is 0.437. The van der Waals surface area contributed by atoms with Crippen molar-refractivity contribution in [2.75, 3.05) is 0 Å². The summed E-state index contributed by atoms with van der Waals surface area (Å²) in [7, 11) is 2.89. The lowest BCUT2D eigenvalue weighted by Gasteiger charge is -2.01. The molecule has 0 heterocycles. The Morgan fingerprint density at radius 2 is 2.09 bits per heavy atom. The van der Waals surface area contributed by atoms with Gasteiger partial charge in [0.1, 0.15) is 0 Å². The van der Waals surface area contributed by atoms with E-state index in [0.29, 0.717) is 16.7 Å². The third-order valence-corrected chi connectivity index (χ3v) is 1.97. The molecule has 0 aliphatic rings. The lowest BCUT2D eigenvalue weighted by molar-refractivity contribution is 0.338. The van der Waals surface area contributed by atoms with Crippen LogP contribution in [0.1, 0.15) is 5.56 Å². The van der Waals surface area contributed by atoms with Gasteiger partial charge in [-0.3, -0.25) is 0 Å². The summed E-state index contributed by atoms with van der Waals surface area (Å²) in [5, 5.41) is 1.25. The normalized spacial score (nSPS) is 10.1. The minimum absolute atomic E-state index is 0.437. The molecule has 0 saturated carbocycles. The fourth-order valence-corrected chi connectivity index (χ4v) is 1.34. The van der Waals surface area contributed by atoms with Crippen molar-refractivity contribution < 1.29 is 4.43 Å². The minimum Gasteiger partial charge on any atom is -0.414 e. The second-order valence-corrected chi connectivity index (χ2v) is 3.16. The zero-order chi connectivity index (χ0) is 8.27. The first kappa shape index (κ1) is 9.07. The highest BCUT2D eigenvalue weighted by Gasteiger charge is 1.98. The molecule has 0 spiro atoms. The summed E-state index contributed by atoms with van der Waals surface area (Å²) < 4.78 is 4.73. The SMILES string of the molecule is [Si]OCc1ccc(Cl)cc1Cl. The molecule has 57 valence electrons. The average Bonchev–Trinajstić information content (AvgIpc) is 1.95. The molecule has 0 aliphatic carbocycles. The van der Waals surface area contributed by atoms with Gasteiger partial charge in [0.15, 0.2) is 0 Å². The highest BCUT2D eigenvalue weighted by Crippen LogP contribution is 2.21. The van der Waals surface area contributed by atoms with Crippen molar-refractivity contribution in [1.29, 1.82) is 0 Å². The Morgan fingerprint density at radius 3 is 2.64 bits per heavy atom. The van der Waals surface area contributed by atoms with E-state index in [0.717, 1.165) is 5.56 Å². The molecule has 11 heavy (non-hydrogen) atoms. The van der Waals surface area contributed by atoms with E-state index in [1.807, 2.05) is 6.07 Å². The second-order valence-electron chi connectivity index (χ2n) is 2.02. The van der Waals surface area contributed by atoms with E-state index in [1.165, 1.54) is 0 Å². The summed E-state index contributed by atoms with van der Waals surface area (Å²) in [5.74, 6) is 0. The van der Waals surface area contributed by atoms with Gasteiger partial charge < -0.3 is 4.43 Å². The minimum atomic E-state index is 0.437. The zero-order valence-corrected chi connectivity index (χ0v) is 8.12. The van der Waals surface area contributed by atoms with Gasteiger partial charge in [0, 0.05) is 10.0 Å². The Balaban J connectivity index is 2.90. The standard InChI is InChI=1S/C7H5Cl2OSi/c8-6-2-1-5(4-10-11)7(9)3-6/h1-3H,4H2. The number of rotatable bonds is 2. The Labute approximate surface area is 78.8 Å². The van der Waals surface area contributed by atoms with E-state index in [2.05, 4.69) is 10.5 Å². The molecule has 0 atom stereocenters. The molecule has 3 radical (unpaired) electrons. The van der Waals surface area contributed by atoms with Gasteiger partial charge in [-0.05, 0) is 17.7 Å². The second kappa shape index (κ2) is 4.12. The molecule has 0 bridgehead atoms. The lowest BCUT2D eigenvalue weighted by atomic mass is 10.2. The van der Waals surface area contributed by atoms with Crippen LogP contribution in [0.15, 0.2) is 18.2 Å². The summed E-state index contributed by atoms with van der Waals surface area (Å²) in [6, 6.07) is 5.28. The van der Waals surface area contributed by atoms with Crippen LogP contribution >= 0.6 is 23.2 Å². The van der Waals surface area contributed by atoms with Crippen molar-refractivity contribution in [3.05, 3.63) is 33.8 Å². The van der Waals surface area contributed by atoms with E-state index in [4.69, 9.17) is 27.6 Å². The molecule has 1 aromatic carbocycles. The molecule has 0 fully saturated rings. The monoisotopic (exact) mass is 203 g/mol. The molecule has 0 aliphatic heterocycles. The van der Waals surface area contributed by atoms with Crippen LogP contribution in [0.2, 0.25) is 10.0 Å². The van der Waals surface area contributed by atoms with Crippen LogP contribution in [0.5, 0.6) is 0 Å². The molecule has 0 amide bonds.